The van der Waals surface area contributed by atoms with Crippen molar-refractivity contribution in [2.75, 3.05) is 30.7 Å². The van der Waals surface area contributed by atoms with Crippen molar-refractivity contribution in [2.45, 2.75) is 17.1 Å². The minimum Gasteiger partial charge on any atom is -0.352 e. The monoisotopic (exact) mass is 425 g/mol. The molecule has 0 radical (unpaired) electrons. The van der Waals surface area contributed by atoms with E-state index in [1.165, 1.54) is 18.2 Å². The van der Waals surface area contributed by atoms with Crippen molar-refractivity contribution in [3.63, 3.8) is 0 Å². The smallest absolute Gasteiger partial charge is 0.251 e. The van der Waals surface area contributed by atoms with Crippen LogP contribution in [0.2, 0.25) is 0 Å². The lowest BCUT2D eigenvalue weighted by atomic mass is 10.1. The van der Waals surface area contributed by atoms with E-state index in [4.69, 9.17) is 0 Å². The normalized spacial score (nSPS) is 15.8. The van der Waals surface area contributed by atoms with E-state index < -0.39 is 0 Å². The second-order valence-electron chi connectivity index (χ2n) is 6.25. The van der Waals surface area contributed by atoms with Crippen LogP contribution in [0.15, 0.2) is 46.0 Å². The molecule has 5 nitrogen and oxygen atoms in total. The zero-order valence-corrected chi connectivity index (χ0v) is 17.4. The number of hydrogen-bond donors (Lipinski definition) is 3. The molecule has 1 aliphatic rings. The summed E-state index contributed by atoms with van der Waals surface area (Å²) in [4.78, 5) is 24.2. The standard InChI is InChI=1S/C19H23N3O2S2.ClH/c23-17(13-26-18-2-1-11-25-18)22-16-5-3-15(4-6-16)19(24)21-10-8-14-7-9-20-12-14;/h1-6,11,14,20H,7-10,12-13H2,(H,21,24)(H,22,23);1H. The molecule has 1 aliphatic heterocycles. The van der Waals surface area contributed by atoms with E-state index in [0.717, 1.165) is 23.7 Å². The van der Waals surface area contributed by atoms with Gasteiger partial charge in [-0.3, -0.25) is 9.59 Å². The summed E-state index contributed by atoms with van der Waals surface area (Å²) in [5.41, 5.74) is 1.32. The quantitative estimate of drug-likeness (QED) is 0.565. The molecule has 146 valence electrons. The second-order valence-corrected chi connectivity index (χ2v) is 8.47. The topological polar surface area (TPSA) is 70.2 Å². The molecule has 27 heavy (non-hydrogen) atoms. The Bertz CT molecular complexity index is 717. The molecule has 1 atom stereocenters. The zero-order chi connectivity index (χ0) is 18.2. The number of hydrogen-bond acceptors (Lipinski definition) is 5. The van der Waals surface area contributed by atoms with Crippen molar-refractivity contribution in [1.29, 1.82) is 0 Å². The highest BCUT2D eigenvalue weighted by Crippen LogP contribution is 2.23. The van der Waals surface area contributed by atoms with Gasteiger partial charge in [0.05, 0.1) is 9.96 Å². The third kappa shape index (κ3) is 7.18. The van der Waals surface area contributed by atoms with Crippen LogP contribution in [-0.4, -0.2) is 37.2 Å². The van der Waals surface area contributed by atoms with E-state index in [1.54, 1.807) is 35.6 Å². The van der Waals surface area contributed by atoms with Crippen LogP contribution in [0.5, 0.6) is 0 Å². The van der Waals surface area contributed by atoms with E-state index in [1.807, 2.05) is 17.5 Å². The van der Waals surface area contributed by atoms with Crippen LogP contribution in [0.25, 0.3) is 0 Å². The number of nitrogens with one attached hydrogen (secondary N) is 3. The molecule has 8 heteroatoms. The molecule has 2 aromatic rings. The largest absolute Gasteiger partial charge is 0.352 e. The summed E-state index contributed by atoms with van der Waals surface area (Å²) in [6.07, 6.45) is 2.20. The van der Waals surface area contributed by atoms with Crippen LogP contribution in [0, 0.1) is 5.92 Å². The first-order valence-corrected chi connectivity index (χ1v) is 10.6. The predicted molar refractivity (Wildman–Crippen MR) is 115 cm³/mol. The van der Waals surface area contributed by atoms with Crippen molar-refractivity contribution in [1.82, 2.24) is 10.6 Å². The van der Waals surface area contributed by atoms with Gasteiger partial charge in [-0.2, -0.15) is 0 Å². The minimum atomic E-state index is -0.0675. The van der Waals surface area contributed by atoms with Crippen LogP contribution in [0.3, 0.4) is 0 Å². The first-order chi connectivity index (χ1) is 12.7. The van der Waals surface area contributed by atoms with Crippen LogP contribution >= 0.6 is 35.5 Å². The SMILES string of the molecule is Cl.O=C(CSc1cccs1)Nc1ccc(C(=O)NCCC2CCNC2)cc1. The number of halogens is 1. The maximum absolute atomic E-state index is 12.2. The second kappa shape index (κ2) is 11.3. The molecule has 0 bridgehead atoms. The highest BCUT2D eigenvalue weighted by atomic mass is 35.5. The van der Waals surface area contributed by atoms with Gasteiger partial charge in [-0.25, -0.2) is 0 Å². The molecule has 0 aliphatic carbocycles. The average molecular weight is 426 g/mol. The fraction of sp³-hybridized carbons (Fsp3) is 0.368. The fourth-order valence-electron chi connectivity index (χ4n) is 2.84. The molecule has 0 saturated carbocycles. The summed E-state index contributed by atoms with van der Waals surface area (Å²) < 4.78 is 1.13. The van der Waals surface area contributed by atoms with Gasteiger partial charge in [0.25, 0.3) is 5.91 Å². The molecule has 3 rings (SSSR count). The van der Waals surface area contributed by atoms with Gasteiger partial charge in [0, 0.05) is 17.8 Å². The summed E-state index contributed by atoms with van der Waals surface area (Å²) >= 11 is 3.15. The number of benzene rings is 1. The Hall–Kier alpha value is -1.54. The van der Waals surface area contributed by atoms with Crippen molar-refractivity contribution >= 4 is 53.0 Å². The first-order valence-electron chi connectivity index (χ1n) is 8.76. The van der Waals surface area contributed by atoms with Crippen LogP contribution in [0.1, 0.15) is 23.2 Å². The van der Waals surface area contributed by atoms with Crippen molar-refractivity contribution in [3.05, 3.63) is 47.3 Å². The third-order valence-electron chi connectivity index (χ3n) is 4.27. The molecule has 1 saturated heterocycles. The Morgan fingerprint density at radius 2 is 2.04 bits per heavy atom. The van der Waals surface area contributed by atoms with Gasteiger partial charge in [-0.1, -0.05) is 6.07 Å². The Kier molecular flexibility index (Phi) is 9.14. The lowest BCUT2D eigenvalue weighted by molar-refractivity contribution is -0.113. The van der Waals surface area contributed by atoms with Crippen molar-refractivity contribution < 1.29 is 9.59 Å². The Labute approximate surface area is 174 Å². The Balaban J connectivity index is 0.00000261. The maximum Gasteiger partial charge on any atom is 0.251 e. The molecule has 3 N–H and O–H groups in total. The van der Waals surface area contributed by atoms with E-state index >= 15 is 0 Å². The summed E-state index contributed by atoms with van der Waals surface area (Å²) in [6.45, 7) is 2.83. The summed E-state index contributed by atoms with van der Waals surface area (Å²) in [6, 6.07) is 11.0. The average Bonchev–Trinajstić information content (AvgIpc) is 3.34. The highest BCUT2D eigenvalue weighted by molar-refractivity contribution is 8.01. The van der Waals surface area contributed by atoms with Gasteiger partial charge in [0.1, 0.15) is 0 Å². The van der Waals surface area contributed by atoms with Crippen molar-refractivity contribution in [2.24, 2.45) is 5.92 Å². The predicted octanol–water partition coefficient (Wildman–Crippen LogP) is 3.63. The zero-order valence-electron chi connectivity index (χ0n) is 14.9. The molecule has 0 spiro atoms. The first kappa shape index (κ1) is 21.8. The summed E-state index contributed by atoms with van der Waals surface area (Å²) in [5, 5.41) is 11.2. The number of rotatable bonds is 8. The van der Waals surface area contributed by atoms with Gasteiger partial charge < -0.3 is 16.0 Å². The van der Waals surface area contributed by atoms with Gasteiger partial charge in [0.2, 0.25) is 5.91 Å². The highest BCUT2D eigenvalue weighted by Gasteiger charge is 2.14. The van der Waals surface area contributed by atoms with Gasteiger partial charge >= 0.3 is 0 Å². The Morgan fingerprint density at radius 1 is 1.22 bits per heavy atom. The molecule has 2 heterocycles. The minimum absolute atomic E-state index is 0. The van der Waals surface area contributed by atoms with Gasteiger partial charge in [0.15, 0.2) is 0 Å². The third-order valence-corrected chi connectivity index (χ3v) is 6.40. The number of amides is 2. The number of thioether (sulfide) groups is 1. The molecular weight excluding hydrogens is 402 g/mol. The maximum atomic E-state index is 12.2. The summed E-state index contributed by atoms with van der Waals surface area (Å²) in [5.74, 6) is 0.923. The van der Waals surface area contributed by atoms with Crippen molar-refractivity contribution in [3.8, 4) is 0 Å². The lowest BCUT2D eigenvalue weighted by Gasteiger charge is -2.10. The van der Waals surface area contributed by atoms with Gasteiger partial charge in [-0.05, 0) is 67.6 Å². The number of anilines is 1. The number of carbonyl (C=O) groups is 2. The molecule has 1 fully saturated rings. The molecule has 1 unspecified atom stereocenters. The lowest BCUT2D eigenvalue weighted by Crippen LogP contribution is -2.26. The molecule has 1 aromatic heterocycles. The van der Waals surface area contributed by atoms with Crippen LogP contribution < -0.4 is 16.0 Å². The molecular formula is C19H24ClN3O2S2. The number of carbonyl (C=O) groups excluding carboxylic acids is 2. The molecule has 1 aromatic carbocycles. The van der Waals surface area contributed by atoms with Gasteiger partial charge in [-0.15, -0.1) is 35.5 Å². The Morgan fingerprint density at radius 3 is 2.70 bits per heavy atom. The van der Waals surface area contributed by atoms with Crippen LogP contribution in [-0.2, 0) is 4.79 Å². The molecule has 2 amide bonds. The van der Waals surface area contributed by atoms with E-state index in [9.17, 15) is 9.59 Å². The van der Waals surface area contributed by atoms with E-state index in [2.05, 4.69) is 16.0 Å². The van der Waals surface area contributed by atoms with E-state index in [0.29, 0.717) is 29.5 Å². The number of thiophene rings is 1. The fourth-order valence-corrected chi connectivity index (χ4v) is 4.42. The van der Waals surface area contributed by atoms with Crippen LogP contribution in [0.4, 0.5) is 5.69 Å². The van der Waals surface area contributed by atoms with E-state index in [-0.39, 0.29) is 24.2 Å². The summed E-state index contributed by atoms with van der Waals surface area (Å²) in [7, 11) is 0.